The molecule has 0 unspecified atom stereocenters. The molecular formula is C12H16ClN3O3S. The van der Waals surface area contributed by atoms with Crippen LogP contribution in [0.15, 0.2) is 18.3 Å². The van der Waals surface area contributed by atoms with Crippen molar-refractivity contribution in [2.45, 2.75) is 18.9 Å². The van der Waals surface area contributed by atoms with Gasteiger partial charge in [0.15, 0.2) is 0 Å². The zero-order valence-corrected chi connectivity index (χ0v) is 12.6. The van der Waals surface area contributed by atoms with E-state index in [4.69, 9.17) is 11.6 Å². The molecule has 0 saturated carbocycles. The highest BCUT2D eigenvalue weighted by Gasteiger charge is 2.26. The first-order chi connectivity index (χ1) is 9.37. The van der Waals surface area contributed by atoms with Gasteiger partial charge in [-0.1, -0.05) is 11.6 Å². The topological polar surface area (TPSA) is 79.4 Å². The summed E-state index contributed by atoms with van der Waals surface area (Å²) < 4.78 is 24.9. The molecule has 0 spiro atoms. The van der Waals surface area contributed by atoms with E-state index in [1.807, 2.05) is 0 Å². The van der Waals surface area contributed by atoms with Gasteiger partial charge >= 0.3 is 0 Å². The average Bonchev–Trinajstić information content (AvgIpc) is 2.37. The second-order valence-corrected chi connectivity index (χ2v) is 6.94. The SMILES string of the molecule is CS(=O)(=O)NC1CCN(C(=O)c2cccnc2Cl)CC1. The number of carbonyl (C=O) groups excluding carboxylic acids is 1. The maximum atomic E-state index is 12.3. The summed E-state index contributed by atoms with van der Waals surface area (Å²) in [5.41, 5.74) is 0.378. The quantitative estimate of drug-likeness (QED) is 0.840. The Kier molecular flexibility index (Phi) is 4.62. The van der Waals surface area contributed by atoms with E-state index in [0.29, 0.717) is 31.5 Å². The van der Waals surface area contributed by atoms with Crippen LogP contribution in [0.25, 0.3) is 0 Å². The molecule has 1 amide bonds. The first kappa shape index (κ1) is 15.2. The minimum atomic E-state index is -3.20. The Morgan fingerprint density at radius 1 is 1.45 bits per heavy atom. The molecule has 0 radical (unpaired) electrons. The summed E-state index contributed by atoms with van der Waals surface area (Å²) >= 11 is 5.90. The zero-order valence-electron chi connectivity index (χ0n) is 11.0. The van der Waals surface area contributed by atoms with E-state index in [1.54, 1.807) is 17.0 Å². The number of piperidine rings is 1. The van der Waals surface area contributed by atoms with E-state index < -0.39 is 10.0 Å². The molecule has 1 N–H and O–H groups in total. The molecule has 1 aliphatic rings. The van der Waals surface area contributed by atoms with Gasteiger partial charge < -0.3 is 4.90 Å². The Balaban J connectivity index is 1.97. The number of rotatable bonds is 3. The highest BCUT2D eigenvalue weighted by molar-refractivity contribution is 7.88. The summed E-state index contributed by atoms with van der Waals surface area (Å²) in [6.45, 7) is 0.995. The largest absolute Gasteiger partial charge is 0.338 e. The van der Waals surface area contributed by atoms with Crippen LogP contribution in [0.5, 0.6) is 0 Å². The normalized spacial score (nSPS) is 17.2. The van der Waals surface area contributed by atoms with Crippen LogP contribution >= 0.6 is 11.6 Å². The fourth-order valence-electron chi connectivity index (χ4n) is 2.22. The fourth-order valence-corrected chi connectivity index (χ4v) is 3.26. The second-order valence-electron chi connectivity index (χ2n) is 4.80. The Morgan fingerprint density at radius 3 is 2.65 bits per heavy atom. The van der Waals surface area contributed by atoms with Gasteiger partial charge in [0.25, 0.3) is 5.91 Å². The smallest absolute Gasteiger partial charge is 0.256 e. The van der Waals surface area contributed by atoms with Crippen LogP contribution in [0.2, 0.25) is 5.15 Å². The van der Waals surface area contributed by atoms with Crippen molar-refractivity contribution in [2.75, 3.05) is 19.3 Å². The van der Waals surface area contributed by atoms with Crippen LogP contribution in [0.1, 0.15) is 23.2 Å². The number of amides is 1. The van der Waals surface area contributed by atoms with Gasteiger partial charge in [0.05, 0.1) is 11.8 Å². The lowest BCUT2D eigenvalue weighted by Crippen LogP contribution is -2.46. The molecule has 0 bridgehead atoms. The van der Waals surface area contributed by atoms with Crippen LogP contribution in [0.3, 0.4) is 0 Å². The molecule has 8 heteroatoms. The molecule has 20 heavy (non-hydrogen) atoms. The summed E-state index contributed by atoms with van der Waals surface area (Å²) in [4.78, 5) is 17.8. The number of hydrogen-bond acceptors (Lipinski definition) is 4. The van der Waals surface area contributed by atoms with Gasteiger partial charge in [-0.3, -0.25) is 4.79 Å². The lowest BCUT2D eigenvalue weighted by atomic mass is 10.1. The molecule has 1 saturated heterocycles. The minimum absolute atomic E-state index is 0.113. The molecule has 0 atom stereocenters. The standard InChI is InChI=1S/C12H16ClN3O3S/c1-20(18,19)15-9-4-7-16(8-5-9)12(17)10-3-2-6-14-11(10)13/h2-3,6,9,15H,4-5,7-8H2,1H3. The number of nitrogens with one attached hydrogen (secondary N) is 1. The van der Waals surface area contributed by atoms with Crippen LogP contribution in [0.4, 0.5) is 0 Å². The highest BCUT2D eigenvalue weighted by atomic mass is 35.5. The van der Waals surface area contributed by atoms with Gasteiger partial charge in [0, 0.05) is 25.3 Å². The van der Waals surface area contributed by atoms with Gasteiger partial charge in [0.1, 0.15) is 5.15 Å². The van der Waals surface area contributed by atoms with E-state index in [1.165, 1.54) is 6.20 Å². The molecule has 1 fully saturated rings. The molecule has 1 aromatic heterocycles. The predicted molar refractivity (Wildman–Crippen MR) is 76.2 cm³/mol. The van der Waals surface area contributed by atoms with Crippen molar-refractivity contribution in [2.24, 2.45) is 0 Å². The summed E-state index contributed by atoms with van der Waals surface area (Å²) in [6, 6.07) is 3.19. The Hall–Kier alpha value is -1.18. The zero-order chi connectivity index (χ0) is 14.8. The third-order valence-electron chi connectivity index (χ3n) is 3.15. The molecule has 110 valence electrons. The Bertz CT molecular complexity index is 598. The van der Waals surface area contributed by atoms with E-state index in [2.05, 4.69) is 9.71 Å². The molecule has 0 aromatic carbocycles. The third kappa shape index (κ3) is 3.91. The third-order valence-corrected chi connectivity index (χ3v) is 4.22. The molecule has 6 nitrogen and oxygen atoms in total. The number of aromatic nitrogens is 1. The van der Waals surface area contributed by atoms with Crippen molar-refractivity contribution >= 4 is 27.5 Å². The molecule has 1 aromatic rings. The van der Waals surface area contributed by atoms with Gasteiger partial charge in [-0.05, 0) is 25.0 Å². The number of likely N-dealkylation sites (tertiary alicyclic amines) is 1. The van der Waals surface area contributed by atoms with Crippen molar-refractivity contribution in [3.05, 3.63) is 29.0 Å². The lowest BCUT2D eigenvalue weighted by Gasteiger charge is -2.32. The molecule has 1 aliphatic heterocycles. The number of halogens is 1. The lowest BCUT2D eigenvalue weighted by molar-refractivity contribution is 0.0711. The summed E-state index contributed by atoms with van der Waals surface area (Å²) in [5.74, 6) is -0.166. The van der Waals surface area contributed by atoms with Crippen molar-refractivity contribution in [1.29, 1.82) is 0 Å². The monoisotopic (exact) mass is 317 g/mol. The Morgan fingerprint density at radius 2 is 2.10 bits per heavy atom. The summed E-state index contributed by atoms with van der Waals surface area (Å²) in [6.07, 6.45) is 3.86. The van der Waals surface area contributed by atoms with Crippen LogP contribution in [-0.4, -0.2) is 49.6 Å². The summed E-state index contributed by atoms with van der Waals surface area (Å²) in [7, 11) is -3.20. The highest BCUT2D eigenvalue weighted by Crippen LogP contribution is 2.18. The average molecular weight is 318 g/mol. The van der Waals surface area contributed by atoms with Crippen molar-refractivity contribution in [3.63, 3.8) is 0 Å². The van der Waals surface area contributed by atoms with Crippen LogP contribution < -0.4 is 4.72 Å². The fraction of sp³-hybridized carbons (Fsp3) is 0.500. The van der Waals surface area contributed by atoms with E-state index >= 15 is 0 Å². The van der Waals surface area contributed by atoms with E-state index in [-0.39, 0.29) is 17.1 Å². The second kappa shape index (κ2) is 6.07. The summed E-state index contributed by atoms with van der Waals surface area (Å²) in [5, 5.41) is 0.189. The number of sulfonamides is 1. The first-order valence-corrected chi connectivity index (χ1v) is 8.51. The Labute approximate surface area is 123 Å². The van der Waals surface area contributed by atoms with E-state index in [9.17, 15) is 13.2 Å². The van der Waals surface area contributed by atoms with E-state index in [0.717, 1.165) is 6.26 Å². The van der Waals surface area contributed by atoms with Crippen molar-refractivity contribution < 1.29 is 13.2 Å². The maximum absolute atomic E-state index is 12.3. The van der Waals surface area contributed by atoms with Gasteiger partial charge in [0.2, 0.25) is 10.0 Å². The van der Waals surface area contributed by atoms with Gasteiger partial charge in [-0.25, -0.2) is 18.1 Å². The van der Waals surface area contributed by atoms with Gasteiger partial charge in [-0.15, -0.1) is 0 Å². The van der Waals surface area contributed by atoms with Crippen LogP contribution in [0, 0.1) is 0 Å². The number of pyridine rings is 1. The molecule has 2 rings (SSSR count). The molecular weight excluding hydrogens is 302 g/mol. The molecule has 0 aliphatic carbocycles. The predicted octanol–water partition coefficient (Wildman–Crippen LogP) is 0.889. The first-order valence-electron chi connectivity index (χ1n) is 6.24. The van der Waals surface area contributed by atoms with Crippen molar-refractivity contribution in [3.8, 4) is 0 Å². The van der Waals surface area contributed by atoms with Crippen molar-refractivity contribution in [1.82, 2.24) is 14.6 Å². The van der Waals surface area contributed by atoms with Gasteiger partial charge in [-0.2, -0.15) is 0 Å². The maximum Gasteiger partial charge on any atom is 0.256 e. The van der Waals surface area contributed by atoms with Crippen LogP contribution in [-0.2, 0) is 10.0 Å². The molecule has 2 heterocycles. The number of nitrogens with zero attached hydrogens (tertiary/aromatic N) is 2. The number of hydrogen-bond donors (Lipinski definition) is 1. The minimum Gasteiger partial charge on any atom is -0.338 e. The number of carbonyl (C=O) groups is 1.